The van der Waals surface area contributed by atoms with Crippen molar-refractivity contribution in [2.24, 2.45) is 0 Å². The van der Waals surface area contributed by atoms with Crippen molar-refractivity contribution in [1.29, 1.82) is 0 Å². The van der Waals surface area contributed by atoms with Crippen molar-refractivity contribution in [3.63, 3.8) is 0 Å². The first-order chi connectivity index (χ1) is 9.74. The Morgan fingerprint density at radius 3 is 2.10 bits per heavy atom. The van der Waals surface area contributed by atoms with E-state index < -0.39 is 48.7 Å². The van der Waals surface area contributed by atoms with Crippen LogP contribution < -0.4 is 16.0 Å². The Hall–Kier alpha value is -1.75. The van der Waals surface area contributed by atoms with Crippen LogP contribution in [-0.2, 0) is 14.4 Å². The van der Waals surface area contributed by atoms with Gasteiger partial charge in [0.05, 0.1) is 12.5 Å². The molecular weight excluding hydrogens is 286 g/mol. The summed E-state index contributed by atoms with van der Waals surface area (Å²) in [4.78, 5) is 33.3. The van der Waals surface area contributed by atoms with Crippen LogP contribution >= 0.6 is 0 Å². The van der Waals surface area contributed by atoms with Crippen molar-refractivity contribution >= 4 is 17.8 Å². The number of nitrogens with one attached hydrogen (secondary N) is 3. The van der Waals surface area contributed by atoms with Crippen molar-refractivity contribution in [2.45, 2.75) is 30.8 Å². The summed E-state index contributed by atoms with van der Waals surface area (Å²) in [6.07, 6.45) is -5.97. The summed E-state index contributed by atoms with van der Waals surface area (Å²) in [5, 5.41) is 43.5. The third-order valence-corrected chi connectivity index (χ3v) is 2.78. The minimum atomic E-state index is -2.16. The number of carboxylic acid groups (broad SMARTS) is 1. The Morgan fingerprint density at radius 2 is 1.67 bits per heavy atom. The second-order valence-electron chi connectivity index (χ2n) is 4.30. The van der Waals surface area contributed by atoms with Gasteiger partial charge in [-0.2, -0.15) is 0 Å². The number of carbonyl (C=O) groups excluding carboxylic acids is 2. The molecule has 0 saturated carbocycles. The van der Waals surface area contributed by atoms with E-state index in [0.717, 1.165) is 0 Å². The van der Waals surface area contributed by atoms with Crippen molar-refractivity contribution in [2.75, 3.05) is 20.6 Å². The zero-order chi connectivity index (χ0) is 16.6. The number of hydrogen-bond acceptors (Lipinski definition) is 7. The standard InChI is InChI=1S/C11H21N3O7/c1-12-5(10(19)13-2)3-7(16)14-4-6(15)8(17)9(18)11(20)21/h5-6,8-9,12,15,17-18H,3-4H2,1-2H3,(H,13,19)(H,14,16)(H,20,21). The van der Waals surface area contributed by atoms with E-state index in [1.165, 1.54) is 14.1 Å². The Labute approximate surface area is 121 Å². The maximum Gasteiger partial charge on any atom is 0.335 e. The number of likely N-dealkylation sites (N-methyl/N-ethyl adjacent to an activating group) is 2. The monoisotopic (exact) mass is 307 g/mol. The van der Waals surface area contributed by atoms with Crippen LogP contribution in [0.2, 0.25) is 0 Å². The van der Waals surface area contributed by atoms with Crippen LogP contribution in [0.4, 0.5) is 0 Å². The lowest BCUT2D eigenvalue weighted by Gasteiger charge is -2.21. The number of hydrogen-bond donors (Lipinski definition) is 7. The van der Waals surface area contributed by atoms with Crippen molar-refractivity contribution < 1.29 is 34.8 Å². The predicted molar refractivity (Wildman–Crippen MR) is 70.2 cm³/mol. The van der Waals surface area contributed by atoms with Crippen LogP contribution in [0, 0.1) is 0 Å². The van der Waals surface area contributed by atoms with E-state index in [9.17, 15) is 24.6 Å². The zero-order valence-electron chi connectivity index (χ0n) is 11.7. The molecule has 0 aromatic carbocycles. The van der Waals surface area contributed by atoms with E-state index in [4.69, 9.17) is 10.2 Å². The molecule has 2 amide bonds. The summed E-state index contributed by atoms with van der Waals surface area (Å²) in [6, 6.07) is -0.762. The molecular formula is C11H21N3O7. The predicted octanol–water partition coefficient (Wildman–Crippen LogP) is -4.01. The lowest BCUT2D eigenvalue weighted by molar-refractivity contribution is -0.157. The van der Waals surface area contributed by atoms with Crippen molar-refractivity contribution in [3.8, 4) is 0 Å². The Balaban J connectivity index is 4.29. The van der Waals surface area contributed by atoms with Gasteiger partial charge in [0.1, 0.15) is 12.2 Å². The van der Waals surface area contributed by atoms with Crippen LogP contribution in [0.15, 0.2) is 0 Å². The maximum absolute atomic E-state index is 11.6. The van der Waals surface area contributed by atoms with E-state index in [2.05, 4.69) is 16.0 Å². The molecule has 0 rings (SSSR count). The molecule has 0 radical (unpaired) electrons. The molecule has 4 unspecified atom stereocenters. The van der Waals surface area contributed by atoms with Gasteiger partial charge < -0.3 is 36.4 Å². The first-order valence-electron chi connectivity index (χ1n) is 6.17. The summed E-state index contributed by atoms with van der Waals surface area (Å²) in [5.74, 6) is -2.67. The molecule has 0 saturated heterocycles. The lowest BCUT2D eigenvalue weighted by atomic mass is 10.1. The van der Waals surface area contributed by atoms with E-state index in [1.54, 1.807) is 0 Å². The number of aliphatic carboxylic acids is 1. The van der Waals surface area contributed by atoms with Crippen LogP contribution in [0.25, 0.3) is 0 Å². The molecule has 10 heteroatoms. The Bertz CT molecular complexity index is 377. The highest BCUT2D eigenvalue weighted by Gasteiger charge is 2.30. The summed E-state index contributed by atoms with van der Waals surface area (Å²) in [5.41, 5.74) is 0. The summed E-state index contributed by atoms with van der Waals surface area (Å²) < 4.78 is 0. The molecule has 4 atom stereocenters. The van der Waals surface area contributed by atoms with E-state index in [1.807, 2.05) is 0 Å². The number of carbonyl (C=O) groups is 3. The second kappa shape index (κ2) is 9.23. The molecule has 122 valence electrons. The normalized spacial score (nSPS) is 16.4. The van der Waals surface area contributed by atoms with Gasteiger partial charge in [0.2, 0.25) is 11.8 Å². The maximum atomic E-state index is 11.6. The van der Waals surface area contributed by atoms with Crippen LogP contribution in [0.3, 0.4) is 0 Å². The highest BCUT2D eigenvalue weighted by molar-refractivity contribution is 5.88. The third-order valence-electron chi connectivity index (χ3n) is 2.78. The van der Waals surface area contributed by atoms with E-state index in [0.29, 0.717) is 0 Å². The van der Waals surface area contributed by atoms with Gasteiger partial charge in [-0.15, -0.1) is 0 Å². The van der Waals surface area contributed by atoms with Gasteiger partial charge in [0.15, 0.2) is 6.10 Å². The molecule has 0 fully saturated rings. The largest absolute Gasteiger partial charge is 0.479 e. The lowest BCUT2D eigenvalue weighted by Crippen LogP contribution is -2.49. The first kappa shape index (κ1) is 19.2. The van der Waals surface area contributed by atoms with E-state index in [-0.39, 0.29) is 6.42 Å². The fraction of sp³-hybridized carbons (Fsp3) is 0.727. The number of aliphatic hydroxyl groups is 3. The first-order valence-corrected chi connectivity index (χ1v) is 6.17. The molecule has 0 aromatic rings. The molecule has 7 N–H and O–H groups in total. The highest BCUT2D eigenvalue weighted by atomic mass is 16.4. The van der Waals surface area contributed by atoms with Crippen LogP contribution in [0.1, 0.15) is 6.42 Å². The van der Waals surface area contributed by atoms with Gasteiger partial charge >= 0.3 is 5.97 Å². The molecule has 0 aliphatic carbocycles. The molecule has 21 heavy (non-hydrogen) atoms. The second-order valence-corrected chi connectivity index (χ2v) is 4.30. The quantitative estimate of drug-likeness (QED) is 0.226. The zero-order valence-corrected chi connectivity index (χ0v) is 11.7. The van der Waals surface area contributed by atoms with Gasteiger partial charge in [0.25, 0.3) is 0 Å². The van der Waals surface area contributed by atoms with Crippen molar-refractivity contribution in [3.05, 3.63) is 0 Å². The molecule has 0 spiro atoms. The van der Waals surface area contributed by atoms with Crippen LogP contribution in [0.5, 0.6) is 0 Å². The molecule has 10 nitrogen and oxygen atoms in total. The molecule has 0 heterocycles. The SMILES string of the molecule is CNC(=O)C(CC(=O)NCC(O)C(O)C(O)C(=O)O)NC. The number of rotatable bonds is 9. The summed E-state index contributed by atoms with van der Waals surface area (Å²) in [6.45, 7) is -0.464. The van der Waals surface area contributed by atoms with Crippen molar-refractivity contribution in [1.82, 2.24) is 16.0 Å². The van der Waals surface area contributed by atoms with Gasteiger partial charge in [-0.25, -0.2) is 4.79 Å². The minimum absolute atomic E-state index is 0.208. The average Bonchev–Trinajstić information content (AvgIpc) is 2.47. The van der Waals surface area contributed by atoms with Gasteiger partial charge in [0, 0.05) is 13.6 Å². The molecule has 0 bridgehead atoms. The third kappa shape index (κ3) is 6.49. The Kier molecular flexibility index (Phi) is 8.47. The number of carboxylic acids is 1. The molecule has 0 aromatic heterocycles. The fourth-order valence-electron chi connectivity index (χ4n) is 1.45. The van der Waals surface area contributed by atoms with Gasteiger partial charge in [-0.3, -0.25) is 9.59 Å². The van der Waals surface area contributed by atoms with Gasteiger partial charge in [-0.1, -0.05) is 0 Å². The fourth-order valence-corrected chi connectivity index (χ4v) is 1.45. The highest BCUT2D eigenvalue weighted by Crippen LogP contribution is 2.00. The minimum Gasteiger partial charge on any atom is -0.479 e. The van der Waals surface area contributed by atoms with E-state index >= 15 is 0 Å². The Morgan fingerprint density at radius 1 is 1.10 bits per heavy atom. The summed E-state index contributed by atoms with van der Waals surface area (Å²) >= 11 is 0. The average molecular weight is 307 g/mol. The number of amides is 2. The van der Waals surface area contributed by atoms with Gasteiger partial charge in [-0.05, 0) is 7.05 Å². The smallest absolute Gasteiger partial charge is 0.335 e. The molecule has 0 aliphatic heterocycles. The topological polar surface area (TPSA) is 168 Å². The number of aliphatic hydroxyl groups excluding tert-OH is 3. The summed E-state index contributed by atoms with van der Waals surface area (Å²) in [7, 11) is 2.91. The molecule has 0 aliphatic rings. The van der Waals surface area contributed by atoms with Crippen LogP contribution in [-0.4, -0.2) is 83.2 Å².